The Morgan fingerprint density at radius 2 is 1.65 bits per heavy atom. The highest BCUT2D eigenvalue weighted by Crippen LogP contribution is 2.20. The van der Waals surface area contributed by atoms with Gasteiger partial charge in [0.05, 0.1) is 18.1 Å². The van der Waals surface area contributed by atoms with Crippen molar-refractivity contribution in [2.75, 3.05) is 0 Å². The molecule has 4 rings (SSSR count). The van der Waals surface area contributed by atoms with Crippen molar-refractivity contribution < 1.29 is 0 Å². The number of hydrogen-bond acceptors (Lipinski definition) is 3. The summed E-state index contributed by atoms with van der Waals surface area (Å²) in [5.41, 5.74) is 4.57. The predicted octanol–water partition coefficient (Wildman–Crippen LogP) is 4.15. The van der Waals surface area contributed by atoms with Crippen LogP contribution in [0.5, 0.6) is 0 Å². The van der Waals surface area contributed by atoms with E-state index in [0.29, 0.717) is 0 Å². The van der Waals surface area contributed by atoms with Gasteiger partial charge in [-0.25, -0.2) is 4.98 Å². The van der Waals surface area contributed by atoms with Gasteiger partial charge in [-0.15, -0.1) is 0 Å². The van der Waals surface area contributed by atoms with Crippen molar-refractivity contribution in [1.29, 1.82) is 0 Å². The number of hydrogen-bond donors (Lipinski definition) is 1. The quantitative estimate of drug-likeness (QED) is 0.573. The molecule has 0 saturated heterocycles. The molecule has 4 heteroatoms. The maximum Gasteiger partial charge on any atom is 0.0991 e. The maximum absolute atomic E-state index is 4.54. The first-order chi connectivity index (χ1) is 12.9. The Kier molecular flexibility index (Phi) is 4.85. The fourth-order valence-corrected chi connectivity index (χ4v) is 3.00. The summed E-state index contributed by atoms with van der Waals surface area (Å²) in [5.74, 6) is 0. The van der Waals surface area contributed by atoms with E-state index in [1.54, 1.807) is 12.5 Å². The van der Waals surface area contributed by atoms with E-state index in [2.05, 4.69) is 69.9 Å². The monoisotopic (exact) mass is 340 g/mol. The van der Waals surface area contributed by atoms with Crippen molar-refractivity contribution in [3.63, 3.8) is 0 Å². The Hall–Kier alpha value is -3.24. The fraction of sp³-hybridized carbons (Fsp3) is 0.0909. The highest BCUT2D eigenvalue weighted by molar-refractivity contribution is 5.35. The molecule has 4 nitrogen and oxygen atoms in total. The van der Waals surface area contributed by atoms with Gasteiger partial charge < -0.3 is 9.88 Å². The summed E-state index contributed by atoms with van der Waals surface area (Å²) in [5, 5.41) is 3.64. The van der Waals surface area contributed by atoms with Crippen LogP contribution >= 0.6 is 0 Å². The number of imidazole rings is 1. The molecule has 0 unspecified atom stereocenters. The number of aromatic nitrogens is 3. The zero-order valence-electron chi connectivity index (χ0n) is 14.4. The topological polar surface area (TPSA) is 42.7 Å². The molecule has 4 aromatic rings. The van der Waals surface area contributed by atoms with E-state index in [9.17, 15) is 0 Å². The summed E-state index contributed by atoms with van der Waals surface area (Å²) in [6.07, 6.45) is 7.37. The maximum atomic E-state index is 4.54. The molecule has 2 aromatic heterocycles. The summed E-state index contributed by atoms with van der Waals surface area (Å²) in [7, 11) is 0. The van der Waals surface area contributed by atoms with Crippen LogP contribution in [0.2, 0.25) is 0 Å². The molecule has 1 atom stereocenters. The molecule has 0 spiro atoms. The molecule has 26 heavy (non-hydrogen) atoms. The van der Waals surface area contributed by atoms with E-state index < -0.39 is 0 Å². The van der Waals surface area contributed by atoms with Crippen molar-refractivity contribution in [2.45, 2.75) is 12.6 Å². The number of benzene rings is 2. The van der Waals surface area contributed by atoms with Crippen LogP contribution in [-0.4, -0.2) is 14.5 Å². The summed E-state index contributed by atoms with van der Waals surface area (Å²) in [4.78, 5) is 8.63. The Balaban J connectivity index is 1.52. The van der Waals surface area contributed by atoms with Crippen LogP contribution in [0.4, 0.5) is 0 Å². The van der Waals surface area contributed by atoms with Crippen molar-refractivity contribution >= 4 is 0 Å². The van der Waals surface area contributed by atoms with Crippen LogP contribution in [0.1, 0.15) is 22.9 Å². The highest BCUT2D eigenvalue weighted by atomic mass is 15.0. The molecule has 0 aliphatic heterocycles. The summed E-state index contributed by atoms with van der Waals surface area (Å²) < 4.78 is 2.00. The molecule has 2 aromatic carbocycles. The van der Waals surface area contributed by atoms with E-state index >= 15 is 0 Å². The van der Waals surface area contributed by atoms with Gasteiger partial charge in [-0.1, -0.05) is 48.5 Å². The van der Waals surface area contributed by atoms with Crippen molar-refractivity contribution in [3.05, 3.63) is 115 Å². The first-order valence-corrected chi connectivity index (χ1v) is 8.67. The molecule has 128 valence electrons. The van der Waals surface area contributed by atoms with Gasteiger partial charge in [0.15, 0.2) is 0 Å². The molecule has 0 saturated carbocycles. The second kappa shape index (κ2) is 7.76. The third kappa shape index (κ3) is 3.71. The lowest BCUT2D eigenvalue weighted by atomic mass is 10.0. The number of pyridine rings is 1. The van der Waals surface area contributed by atoms with Gasteiger partial charge in [0.25, 0.3) is 0 Å². The zero-order valence-corrected chi connectivity index (χ0v) is 14.4. The second-order valence-corrected chi connectivity index (χ2v) is 6.12. The molecule has 0 aliphatic rings. The fourth-order valence-electron chi connectivity index (χ4n) is 3.00. The summed E-state index contributed by atoms with van der Waals surface area (Å²) in [6.45, 7) is 0.764. The van der Waals surface area contributed by atoms with Crippen molar-refractivity contribution in [3.8, 4) is 5.69 Å². The Labute approximate surface area is 153 Å². The zero-order chi connectivity index (χ0) is 17.6. The lowest BCUT2D eigenvalue weighted by molar-refractivity contribution is 0.592. The lowest BCUT2D eigenvalue weighted by Gasteiger charge is -2.19. The third-order valence-corrected chi connectivity index (χ3v) is 4.37. The number of nitrogens with one attached hydrogen (secondary N) is 1. The van der Waals surface area contributed by atoms with E-state index in [1.165, 1.54) is 11.1 Å². The van der Waals surface area contributed by atoms with E-state index in [0.717, 1.165) is 17.9 Å². The Morgan fingerprint density at radius 1 is 0.846 bits per heavy atom. The first-order valence-electron chi connectivity index (χ1n) is 8.67. The molecule has 1 N–H and O–H groups in total. The SMILES string of the molecule is c1ccc([C@H](NCc2ccc(-n3ccnc3)cc2)c2ccccn2)cc1. The molecule has 0 amide bonds. The van der Waals surface area contributed by atoms with Gasteiger partial charge >= 0.3 is 0 Å². The predicted molar refractivity (Wildman–Crippen MR) is 103 cm³/mol. The van der Waals surface area contributed by atoms with Crippen LogP contribution in [0.3, 0.4) is 0 Å². The van der Waals surface area contributed by atoms with E-state index in [4.69, 9.17) is 0 Å². The minimum absolute atomic E-state index is 0.0609. The number of rotatable bonds is 6. The second-order valence-electron chi connectivity index (χ2n) is 6.12. The van der Waals surface area contributed by atoms with E-state index in [1.807, 2.05) is 35.2 Å². The van der Waals surface area contributed by atoms with Gasteiger partial charge in [-0.05, 0) is 35.4 Å². The van der Waals surface area contributed by atoms with Crippen molar-refractivity contribution in [2.24, 2.45) is 0 Å². The lowest BCUT2D eigenvalue weighted by Crippen LogP contribution is -2.22. The molecule has 0 radical (unpaired) electrons. The molecular weight excluding hydrogens is 320 g/mol. The standard InChI is InChI=1S/C22H20N4/c1-2-6-19(7-3-1)22(21-8-4-5-13-24-21)25-16-18-9-11-20(12-10-18)26-15-14-23-17-26/h1-15,17,22,25H,16H2/t22-/m0/s1. The van der Waals surface area contributed by atoms with Crippen molar-refractivity contribution in [1.82, 2.24) is 19.9 Å². The Morgan fingerprint density at radius 3 is 2.35 bits per heavy atom. The van der Waals surface area contributed by atoms with E-state index in [-0.39, 0.29) is 6.04 Å². The normalized spacial score (nSPS) is 12.0. The van der Waals surface area contributed by atoms with Crippen LogP contribution in [0, 0.1) is 0 Å². The minimum atomic E-state index is 0.0609. The average molecular weight is 340 g/mol. The molecule has 0 aliphatic carbocycles. The third-order valence-electron chi connectivity index (χ3n) is 4.37. The highest BCUT2D eigenvalue weighted by Gasteiger charge is 2.14. The van der Waals surface area contributed by atoms with Gasteiger partial charge in [-0.3, -0.25) is 4.98 Å². The molecule has 0 fully saturated rings. The largest absolute Gasteiger partial charge is 0.306 e. The molecule has 2 heterocycles. The summed E-state index contributed by atoms with van der Waals surface area (Å²) in [6, 6.07) is 25.0. The molecule has 0 bridgehead atoms. The van der Waals surface area contributed by atoms with Gasteiger partial charge in [0.2, 0.25) is 0 Å². The van der Waals surface area contributed by atoms with Crippen LogP contribution < -0.4 is 5.32 Å². The van der Waals surface area contributed by atoms with Crippen LogP contribution in [-0.2, 0) is 6.54 Å². The van der Waals surface area contributed by atoms with Gasteiger partial charge in [0, 0.05) is 30.8 Å². The van der Waals surface area contributed by atoms with Crippen LogP contribution in [0.15, 0.2) is 97.7 Å². The van der Waals surface area contributed by atoms with Gasteiger partial charge in [0.1, 0.15) is 0 Å². The smallest absolute Gasteiger partial charge is 0.0991 e. The number of nitrogens with zero attached hydrogens (tertiary/aromatic N) is 3. The summed E-state index contributed by atoms with van der Waals surface area (Å²) >= 11 is 0. The minimum Gasteiger partial charge on any atom is -0.306 e. The molecular formula is C22H20N4. The Bertz CT molecular complexity index is 878. The first kappa shape index (κ1) is 16.2. The van der Waals surface area contributed by atoms with Gasteiger partial charge in [-0.2, -0.15) is 0 Å². The average Bonchev–Trinajstić information content (AvgIpc) is 3.25. The van der Waals surface area contributed by atoms with Crippen LogP contribution in [0.25, 0.3) is 5.69 Å².